The molecule has 114 valence electrons. The van der Waals surface area contributed by atoms with Gasteiger partial charge in [-0.15, -0.1) is 0 Å². The molecule has 0 saturated heterocycles. The molecule has 0 aliphatic rings. The Balaban J connectivity index is 2.94. The molecule has 1 aromatic heterocycles. The summed E-state index contributed by atoms with van der Waals surface area (Å²) in [6, 6.07) is 2.86. The second-order valence-corrected chi connectivity index (χ2v) is 7.54. The van der Waals surface area contributed by atoms with Gasteiger partial charge in [-0.2, -0.15) is 0 Å². The standard InChI is InChI=1S/C13H22ClN3O2S/c1-10(2)8-11(9-17(3)4)16-20(18,19)12-6-5-7-15-13(12)14/h5-7,10-11,16H,8-9H2,1-4H3. The summed E-state index contributed by atoms with van der Waals surface area (Å²) >= 11 is 5.86. The lowest BCUT2D eigenvalue weighted by Gasteiger charge is -2.23. The van der Waals surface area contributed by atoms with Gasteiger partial charge >= 0.3 is 0 Å². The zero-order valence-corrected chi connectivity index (χ0v) is 13.9. The summed E-state index contributed by atoms with van der Waals surface area (Å²) in [5.74, 6) is 0.395. The van der Waals surface area contributed by atoms with E-state index in [1.165, 1.54) is 12.3 Å². The number of rotatable bonds is 7. The molecule has 1 rings (SSSR count). The van der Waals surface area contributed by atoms with E-state index in [2.05, 4.69) is 23.6 Å². The summed E-state index contributed by atoms with van der Waals surface area (Å²) in [6.45, 7) is 4.76. The predicted octanol–water partition coefficient (Wildman–Crippen LogP) is 1.99. The molecule has 0 amide bonds. The molecule has 0 aromatic carbocycles. The maximum absolute atomic E-state index is 12.4. The van der Waals surface area contributed by atoms with Crippen LogP contribution < -0.4 is 4.72 Å². The van der Waals surface area contributed by atoms with Crippen molar-refractivity contribution in [3.05, 3.63) is 23.5 Å². The van der Waals surface area contributed by atoms with E-state index in [9.17, 15) is 8.42 Å². The first-order chi connectivity index (χ1) is 9.22. The third kappa shape index (κ3) is 5.36. The Morgan fingerprint density at radius 1 is 1.40 bits per heavy atom. The molecule has 1 N–H and O–H groups in total. The average molecular weight is 320 g/mol. The zero-order valence-electron chi connectivity index (χ0n) is 12.3. The summed E-state index contributed by atoms with van der Waals surface area (Å²) in [6.07, 6.45) is 2.22. The fourth-order valence-corrected chi connectivity index (χ4v) is 3.72. The first-order valence-corrected chi connectivity index (χ1v) is 8.36. The van der Waals surface area contributed by atoms with Crippen molar-refractivity contribution in [3.63, 3.8) is 0 Å². The van der Waals surface area contributed by atoms with Gasteiger partial charge in [0.05, 0.1) is 0 Å². The number of nitrogens with one attached hydrogen (secondary N) is 1. The van der Waals surface area contributed by atoms with E-state index < -0.39 is 10.0 Å². The number of halogens is 1. The third-order valence-electron chi connectivity index (χ3n) is 2.68. The number of hydrogen-bond donors (Lipinski definition) is 1. The Kier molecular flexibility index (Phi) is 6.39. The van der Waals surface area contributed by atoms with Crippen LogP contribution in [0.1, 0.15) is 20.3 Å². The molecular weight excluding hydrogens is 298 g/mol. The van der Waals surface area contributed by atoms with E-state index >= 15 is 0 Å². The molecule has 0 saturated carbocycles. The van der Waals surface area contributed by atoms with Crippen LogP contribution in [0.5, 0.6) is 0 Å². The van der Waals surface area contributed by atoms with E-state index in [0.717, 1.165) is 6.42 Å². The van der Waals surface area contributed by atoms with Crippen molar-refractivity contribution >= 4 is 21.6 Å². The van der Waals surface area contributed by atoms with Crippen molar-refractivity contribution in [2.45, 2.75) is 31.2 Å². The van der Waals surface area contributed by atoms with Gasteiger partial charge in [0, 0.05) is 18.8 Å². The van der Waals surface area contributed by atoms with Gasteiger partial charge in [-0.25, -0.2) is 18.1 Å². The highest BCUT2D eigenvalue weighted by Crippen LogP contribution is 2.19. The molecule has 5 nitrogen and oxygen atoms in total. The van der Waals surface area contributed by atoms with Gasteiger partial charge in [0.15, 0.2) is 0 Å². The van der Waals surface area contributed by atoms with Crippen LogP contribution in [0.3, 0.4) is 0 Å². The van der Waals surface area contributed by atoms with Gasteiger partial charge in [0.2, 0.25) is 10.0 Å². The first kappa shape index (κ1) is 17.4. The number of nitrogens with zero attached hydrogens (tertiary/aromatic N) is 2. The monoisotopic (exact) mass is 319 g/mol. The molecule has 0 bridgehead atoms. The van der Waals surface area contributed by atoms with Crippen LogP contribution in [0.2, 0.25) is 5.15 Å². The normalized spacial score (nSPS) is 13.9. The summed E-state index contributed by atoms with van der Waals surface area (Å²) in [5, 5.41) is -0.00634. The predicted molar refractivity (Wildman–Crippen MR) is 81.4 cm³/mol. The van der Waals surface area contributed by atoms with Gasteiger partial charge in [-0.05, 0) is 38.6 Å². The Morgan fingerprint density at radius 2 is 2.05 bits per heavy atom. The summed E-state index contributed by atoms with van der Waals surface area (Å²) in [5.41, 5.74) is 0. The second kappa shape index (κ2) is 7.36. The lowest BCUT2D eigenvalue weighted by molar-refractivity contribution is 0.329. The third-order valence-corrected chi connectivity index (χ3v) is 4.64. The van der Waals surface area contributed by atoms with Crippen molar-refractivity contribution in [1.82, 2.24) is 14.6 Å². The van der Waals surface area contributed by atoms with Gasteiger partial charge in [-0.1, -0.05) is 25.4 Å². The van der Waals surface area contributed by atoms with Crippen LogP contribution in [0.25, 0.3) is 0 Å². The Bertz CT molecular complexity index is 522. The molecule has 0 spiro atoms. The lowest BCUT2D eigenvalue weighted by atomic mass is 10.0. The minimum Gasteiger partial charge on any atom is -0.308 e. The summed E-state index contributed by atoms with van der Waals surface area (Å²) in [4.78, 5) is 5.79. The molecular formula is C13H22ClN3O2S. The number of pyridine rings is 1. The molecule has 1 unspecified atom stereocenters. The molecule has 0 radical (unpaired) electrons. The van der Waals surface area contributed by atoms with Crippen molar-refractivity contribution < 1.29 is 8.42 Å². The molecule has 1 aromatic rings. The van der Waals surface area contributed by atoms with E-state index in [0.29, 0.717) is 12.5 Å². The van der Waals surface area contributed by atoms with E-state index in [1.54, 1.807) is 6.07 Å². The molecule has 1 heterocycles. The largest absolute Gasteiger partial charge is 0.308 e. The van der Waals surface area contributed by atoms with Crippen LogP contribution in [-0.2, 0) is 10.0 Å². The van der Waals surface area contributed by atoms with Crippen LogP contribution in [-0.4, -0.2) is 45.0 Å². The van der Waals surface area contributed by atoms with Crippen molar-refractivity contribution in [3.8, 4) is 0 Å². The van der Waals surface area contributed by atoms with Crippen molar-refractivity contribution in [2.24, 2.45) is 5.92 Å². The molecule has 7 heteroatoms. The zero-order chi connectivity index (χ0) is 15.3. The van der Waals surface area contributed by atoms with Crippen LogP contribution in [0, 0.1) is 5.92 Å². The molecule has 0 fully saturated rings. The van der Waals surface area contributed by atoms with Crippen LogP contribution in [0.15, 0.2) is 23.2 Å². The number of likely N-dealkylation sites (N-methyl/N-ethyl adjacent to an activating group) is 1. The molecule has 1 atom stereocenters. The molecule has 0 aliphatic carbocycles. The fourth-order valence-electron chi connectivity index (χ4n) is 2.02. The van der Waals surface area contributed by atoms with Crippen LogP contribution >= 0.6 is 11.6 Å². The summed E-state index contributed by atoms with van der Waals surface area (Å²) < 4.78 is 27.5. The Morgan fingerprint density at radius 3 is 2.55 bits per heavy atom. The molecule has 0 aliphatic heterocycles. The van der Waals surface area contributed by atoms with E-state index in [-0.39, 0.29) is 16.1 Å². The highest BCUT2D eigenvalue weighted by molar-refractivity contribution is 7.89. The van der Waals surface area contributed by atoms with E-state index in [1.807, 2.05) is 19.0 Å². The van der Waals surface area contributed by atoms with Crippen molar-refractivity contribution in [1.29, 1.82) is 0 Å². The van der Waals surface area contributed by atoms with Gasteiger partial charge < -0.3 is 4.90 Å². The number of aromatic nitrogens is 1. The summed E-state index contributed by atoms with van der Waals surface area (Å²) in [7, 11) is 0.178. The quantitative estimate of drug-likeness (QED) is 0.781. The topological polar surface area (TPSA) is 62.3 Å². The van der Waals surface area contributed by atoms with Gasteiger partial charge in [0.1, 0.15) is 10.0 Å². The highest BCUT2D eigenvalue weighted by atomic mass is 35.5. The number of hydrogen-bond acceptors (Lipinski definition) is 4. The smallest absolute Gasteiger partial charge is 0.243 e. The van der Waals surface area contributed by atoms with Crippen molar-refractivity contribution in [2.75, 3.05) is 20.6 Å². The Hall–Kier alpha value is -0.690. The maximum atomic E-state index is 12.4. The van der Waals surface area contributed by atoms with Gasteiger partial charge in [0.25, 0.3) is 0 Å². The fraction of sp³-hybridized carbons (Fsp3) is 0.615. The molecule has 20 heavy (non-hydrogen) atoms. The Labute approximate surface area is 126 Å². The highest BCUT2D eigenvalue weighted by Gasteiger charge is 2.23. The minimum absolute atomic E-state index is 0.00634. The second-order valence-electron chi connectivity index (χ2n) is 5.50. The lowest BCUT2D eigenvalue weighted by Crippen LogP contribution is -2.42. The number of sulfonamides is 1. The van der Waals surface area contributed by atoms with Crippen LogP contribution in [0.4, 0.5) is 0 Å². The van der Waals surface area contributed by atoms with E-state index in [4.69, 9.17) is 11.6 Å². The SMILES string of the molecule is CC(C)CC(CN(C)C)NS(=O)(=O)c1cccnc1Cl. The first-order valence-electron chi connectivity index (χ1n) is 6.50. The van der Waals surface area contributed by atoms with Gasteiger partial charge in [-0.3, -0.25) is 0 Å². The average Bonchev–Trinajstić information content (AvgIpc) is 2.26. The minimum atomic E-state index is -3.65. The maximum Gasteiger partial charge on any atom is 0.243 e.